The molecule has 0 atom stereocenters. The number of anilines is 1. The molecule has 0 amide bonds. The van der Waals surface area contributed by atoms with Crippen molar-refractivity contribution < 1.29 is 0 Å². The number of likely N-dealkylation sites (tertiary alicyclic amines) is 1. The van der Waals surface area contributed by atoms with Crippen LogP contribution in [0.25, 0.3) is 44.6 Å². The zero-order chi connectivity index (χ0) is 24.6. The fraction of sp³-hybridized carbons (Fsp3) is 0.379. The Morgan fingerprint density at radius 1 is 0.838 bits per heavy atom. The average Bonchev–Trinajstić information content (AvgIpc) is 3.58. The van der Waals surface area contributed by atoms with Crippen molar-refractivity contribution in [2.24, 2.45) is 0 Å². The molecule has 2 aliphatic rings. The molecule has 0 aromatic carbocycles. The predicted octanol–water partition coefficient (Wildman–Crippen LogP) is 5.54. The Morgan fingerprint density at radius 3 is 2.54 bits per heavy atom. The lowest BCUT2D eigenvalue weighted by molar-refractivity contribution is 0.220. The van der Waals surface area contributed by atoms with Crippen LogP contribution < -0.4 is 4.90 Å². The Hall–Kier alpha value is -3.78. The van der Waals surface area contributed by atoms with E-state index in [2.05, 4.69) is 54.2 Å². The first-order chi connectivity index (χ1) is 18.3. The van der Waals surface area contributed by atoms with Crippen molar-refractivity contribution in [2.45, 2.75) is 45.1 Å². The zero-order valence-corrected chi connectivity index (χ0v) is 21.1. The molecule has 2 N–H and O–H groups in total. The van der Waals surface area contributed by atoms with Crippen LogP contribution in [0.2, 0.25) is 0 Å². The minimum atomic E-state index is 0.829. The molecule has 0 unspecified atom stereocenters. The van der Waals surface area contributed by atoms with E-state index >= 15 is 0 Å². The van der Waals surface area contributed by atoms with Gasteiger partial charge in [-0.05, 0) is 81.1 Å². The van der Waals surface area contributed by atoms with Crippen molar-refractivity contribution in [3.8, 4) is 22.6 Å². The molecule has 0 bridgehead atoms. The molecule has 2 aliphatic heterocycles. The number of H-pyrrole nitrogens is 2. The number of piperidine rings is 2. The molecular formula is C29H32N8. The number of nitrogens with zero attached hydrogens (tertiary/aromatic N) is 6. The fourth-order valence-electron chi connectivity index (χ4n) is 5.86. The Labute approximate surface area is 216 Å². The Morgan fingerprint density at radius 2 is 1.68 bits per heavy atom. The molecule has 0 radical (unpaired) electrons. The molecule has 0 spiro atoms. The maximum atomic E-state index is 5.06. The fourth-order valence-corrected chi connectivity index (χ4v) is 5.86. The van der Waals surface area contributed by atoms with Gasteiger partial charge in [-0.2, -0.15) is 5.10 Å². The van der Waals surface area contributed by atoms with Crippen LogP contribution in [0.4, 0.5) is 5.82 Å². The number of pyridine rings is 3. The van der Waals surface area contributed by atoms with Gasteiger partial charge in [0.2, 0.25) is 0 Å². The summed E-state index contributed by atoms with van der Waals surface area (Å²) in [6.45, 7) is 5.42. The minimum absolute atomic E-state index is 0.829. The normalized spacial score (nSPS) is 17.1. The first-order valence-corrected chi connectivity index (χ1v) is 13.6. The number of hydrogen-bond acceptors (Lipinski definition) is 6. The molecule has 7 heterocycles. The van der Waals surface area contributed by atoms with Crippen LogP contribution in [0.5, 0.6) is 0 Å². The quantitative estimate of drug-likeness (QED) is 0.335. The highest BCUT2D eigenvalue weighted by Crippen LogP contribution is 2.33. The van der Waals surface area contributed by atoms with Crippen LogP contribution >= 0.6 is 0 Å². The van der Waals surface area contributed by atoms with E-state index in [0.717, 1.165) is 70.0 Å². The van der Waals surface area contributed by atoms with E-state index in [9.17, 15) is 0 Å². The highest BCUT2D eigenvalue weighted by Gasteiger charge is 2.19. The standard InChI is InChI=1S/C29H32N8/c1-3-11-36(12-4-1)19-20-15-21(18-30-17-20)23-7-8-25-27(33-23)28(35-34-25)26-16-22-24(32-26)9-10-31-29(22)37-13-5-2-6-14-37/h7-10,15-18,32H,1-6,11-14,19H2,(H,34,35). The second-order valence-corrected chi connectivity index (χ2v) is 10.4. The summed E-state index contributed by atoms with van der Waals surface area (Å²) in [5, 5.41) is 8.97. The van der Waals surface area contributed by atoms with Crippen LogP contribution in [0.1, 0.15) is 44.1 Å². The van der Waals surface area contributed by atoms with Gasteiger partial charge < -0.3 is 9.88 Å². The summed E-state index contributed by atoms with van der Waals surface area (Å²) in [6.07, 6.45) is 13.5. The van der Waals surface area contributed by atoms with Gasteiger partial charge in [0.25, 0.3) is 0 Å². The molecule has 0 aliphatic carbocycles. The molecule has 37 heavy (non-hydrogen) atoms. The molecule has 2 saturated heterocycles. The van der Waals surface area contributed by atoms with Gasteiger partial charge in [0, 0.05) is 49.2 Å². The van der Waals surface area contributed by atoms with Crippen molar-refractivity contribution in [3.63, 3.8) is 0 Å². The molecule has 8 heteroatoms. The largest absolute Gasteiger partial charge is 0.356 e. The van der Waals surface area contributed by atoms with Crippen LogP contribution in [-0.4, -0.2) is 61.2 Å². The SMILES string of the molecule is c1cc2[nH]c(-c3n[nH]c4ccc(-c5cncc(CN6CCCCC6)c5)nc34)cc2c(N2CCCCC2)n1. The van der Waals surface area contributed by atoms with E-state index in [-0.39, 0.29) is 0 Å². The summed E-state index contributed by atoms with van der Waals surface area (Å²) in [5.74, 6) is 1.06. The van der Waals surface area contributed by atoms with Crippen molar-refractivity contribution in [1.29, 1.82) is 0 Å². The van der Waals surface area contributed by atoms with Gasteiger partial charge in [0.1, 0.15) is 17.0 Å². The van der Waals surface area contributed by atoms with Crippen LogP contribution in [-0.2, 0) is 6.54 Å². The van der Waals surface area contributed by atoms with Crippen molar-refractivity contribution in [3.05, 3.63) is 54.5 Å². The number of hydrogen-bond donors (Lipinski definition) is 2. The van der Waals surface area contributed by atoms with Crippen LogP contribution in [0.3, 0.4) is 0 Å². The highest BCUT2D eigenvalue weighted by molar-refractivity contribution is 5.98. The van der Waals surface area contributed by atoms with Gasteiger partial charge in [0.05, 0.1) is 22.4 Å². The number of aromatic amines is 2. The topological polar surface area (TPSA) is 89.6 Å². The van der Waals surface area contributed by atoms with E-state index in [1.54, 1.807) is 0 Å². The summed E-state index contributed by atoms with van der Waals surface area (Å²) in [7, 11) is 0. The summed E-state index contributed by atoms with van der Waals surface area (Å²) in [4.78, 5) is 22.9. The van der Waals surface area contributed by atoms with Gasteiger partial charge in [-0.1, -0.05) is 6.42 Å². The third kappa shape index (κ3) is 4.35. The van der Waals surface area contributed by atoms with E-state index in [1.165, 1.54) is 57.2 Å². The molecule has 2 fully saturated rings. The Balaban J connectivity index is 1.23. The van der Waals surface area contributed by atoms with E-state index in [0.29, 0.717) is 0 Å². The minimum Gasteiger partial charge on any atom is -0.356 e. The lowest BCUT2D eigenvalue weighted by Crippen LogP contribution is -2.30. The van der Waals surface area contributed by atoms with Crippen LogP contribution in [0, 0.1) is 0 Å². The third-order valence-electron chi connectivity index (χ3n) is 7.79. The van der Waals surface area contributed by atoms with Gasteiger partial charge in [0.15, 0.2) is 0 Å². The second kappa shape index (κ2) is 9.59. The predicted molar refractivity (Wildman–Crippen MR) is 147 cm³/mol. The van der Waals surface area contributed by atoms with Crippen LogP contribution in [0.15, 0.2) is 48.9 Å². The Kier molecular flexibility index (Phi) is 5.81. The molecule has 7 rings (SSSR count). The Bertz CT molecular complexity index is 1540. The maximum Gasteiger partial charge on any atom is 0.137 e. The van der Waals surface area contributed by atoms with Gasteiger partial charge >= 0.3 is 0 Å². The van der Waals surface area contributed by atoms with Crippen molar-refractivity contribution in [2.75, 3.05) is 31.1 Å². The summed E-state index contributed by atoms with van der Waals surface area (Å²) >= 11 is 0. The summed E-state index contributed by atoms with van der Waals surface area (Å²) in [6, 6.07) is 10.6. The summed E-state index contributed by atoms with van der Waals surface area (Å²) in [5.41, 5.74) is 7.83. The van der Waals surface area contributed by atoms with Gasteiger partial charge in [-0.15, -0.1) is 0 Å². The molecule has 5 aromatic heterocycles. The van der Waals surface area contributed by atoms with E-state index in [4.69, 9.17) is 9.97 Å². The van der Waals surface area contributed by atoms with Gasteiger partial charge in [-0.25, -0.2) is 9.97 Å². The highest BCUT2D eigenvalue weighted by atomic mass is 15.2. The van der Waals surface area contributed by atoms with E-state index in [1.807, 2.05) is 24.7 Å². The summed E-state index contributed by atoms with van der Waals surface area (Å²) < 4.78 is 0. The first-order valence-electron chi connectivity index (χ1n) is 13.6. The smallest absolute Gasteiger partial charge is 0.137 e. The number of aromatic nitrogens is 6. The van der Waals surface area contributed by atoms with E-state index < -0.39 is 0 Å². The molecule has 188 valence electrons. The number of fused-ring (bicyclic) bond motifs is 2. The number of rotatable bonds is 5. The van der Waals surface area contributed by atoms with Crippen molar-refractivity contribution >= 4 is 27.8 Å². The average molecular weight is 493 g/mol. The monoisotopic (exact) mass is 492 g/mol. The lowest BCUT2D eigenvalue weighted by atomic mass is 10.1. The van der Waals surface area contributed by atoms with Crippen molar-refractivity contribution in [1.82, 2.24) is 35.0 Å². The lowest BCUT2D eigenvalue weighted by Gasteiger charge is -2.28. The zero-order valence-electron chi connectivity index (χ0n) is 21.1. The number of nitrogens with one attached hydrogen (secondary N) is 2. The molecule has 5 aromatic rings. The molecular weight excluding hydrogens is 460 g/mol. The first kappa shape index (κ1) is 22.4. The second-order valence-electron chi connectivity index (χ2n) is 10.4. The molecule has 0 saturated carbocycles. The molecule has 8 nitrogen and oxygen atoms in total. The maximum absolute atomic E-state index is 5.06. The third-order valence-corrected chi connectivity index (χ3v) is 7.79. The van der Waals surface area contributed by atoms with Gasteiger partial charge in [-0.3, -0.25) is 15.0 Å².